The standard InChI is InChI=1S/C24H30ClN3O4Si/c1-7-31-23(30)28-18-13-16(25)10-11-17(18)19(26)21(28)22(29)20-15(9-8-12-27-20)14-32-33(5,6)24(2,3)4/h8-13H,7,14,26H2,1-6H3. The Morgan fingerprint density at radius 2 is 1.91 bits per heavy atom. The molecule has 2 N–H and O–H groups in total. The first-order chi connectivity index (χ1) is 15.4. The molecule has 0 unspecified atom stereocenters. The number of aromatic nitrogens is 2. The molecule has 176 valence electrons. The number of nitrogens with two attached hydrogens (primary N) is 1. The minimum atomic E-state index is -2.07. The van der Waals surface area contributed by atoms with E-state index in [9.17, 15) is 9.59 Å². The molecule has 33 heavy (non-hydrogen) atoms. The summed E-state index contributed by atoms with van der Waals surface area (Å²) in [5.74, 6) is -0.484. The van der Waals surface area contributed by atoms with Gasteiger partial charge in [-0.3, -0.25) is 9.78 Å². The zero-order valence-corrected chi connectivity index (χ0v) is 21.6. The molecule has 2 heterocycles. The van der Waals surface area contributed by atoms with Crippen molar-refractivity contribution in [3.05, 3.63) is 58.5 Å². The minimum absolute atomic E-state index is 0.00186. The quantitative estimate of drug-likeness (QED) is 0.337. The number of hydrogen-bond donors (Lipinski definition) is 1. The Kier molecular flexibility index (Phi) is 7.02. The maximum atomic E-state index is 13.7. The Bertz CT molecular complexity index is 1210. The fourth-order valence-electron chi connectivity index (χ4n) is 3.23. The summed E-state index contributed by atoms with van der Waals surface area (Å²) in [5, 5.41) is 0.955. The van der Waals surface area contributed by atoms with Crippen molar-refractivity contribution in [3.63, 3.8) is 0 Å². The lowest BCUT2D eigenvalue weighted by atomic mass is 10.1. The Balaban J connectivity index is 2.12. The van der Waals surface area contributed by atoms with Crippen LogP contribution in [-0.2, 0) is 15.8 Å². The summed E-state index contributed by atoms with van der Waals surface area (Å²) in [4.78, 5) is 30.9. The van der Waals surface area contributed by atoms with Crippen LogP contribution >= 0.6 is 11.6 Å². The van der Waals surface area contributed by atoms with Crippen LogP contribution in [0.2, 0.25) is 23.2 Å². The highest BCUT2D eigenvalue weighted by Gasteiger charge is 2.37. The van der Waals surface area contributed by atoms with E-state index in [2.05, 4.69) is 38.8 Å². The van der Waals surface area contributed by atoms with E-state index in [4.69, 9.17) is 26.5 Å². The average Bonchev–Trinajstić information content (AvgIpc) is 3.03. The van der Waals surface area contributed by atoms with Gasteiger partial charge in [0.15, 0.2) is 8.32 Å². The summed E-state index contributed by atoms with van der Waals surface area (Å²) in [5.41, 5.74) is 7.75. The summed E-state index contributed by atoms with van der Waals surface area (Å²) < 4.78 is 12.7. The Morgan fingerprint density at radius 1 is 1.21 bits per heavy atom. The highest BCUT2D eigenvalue weighted by atomic mass is 35.5. The van der Waals surface area contributed by atoms with Crippen LogP contribution in [0.25, 0.3) is 10.9 Å². The molecule has 0 saturated heterocycles. The van der Waals surface area contributed by atoms with Gasteiger partial charge in [0.05, 0.1) is 24.4 Å². The minimum Gasteiger partial charge on any atom is -0.449 e. The predicted molar refractivity (Wildman–Crippen MR) is 133 cm³/mol. The summed E-state index contributed by atoms with van der Waals surface area (Å²) in [6, 6.07) is 8.48. The van der Waals surface area contributed by atoms with Gasteiger partial charge in [-0.25, -0.2) is 9.36 Å². The van der Waals surface area contributed by atoms with Crippen LogP contribution < -0.4 is 5.73 Å². The molecular formula is C24H30ClN3O4Si. The molecule has 0 aliphatic heterocycles. The first-order valence-corrected chi connectivity index (χ1v) is 14.1. The monoisotopic (exact) mass is 487 g/mol. The molecule has 3 aromatic rings. The van der Waals surface area contributed by atoms with Crippen LogP contribution in [0.4, 0.5) is 10.5 Å². The van der Waals surface area contributed by atoms with E-state index in [0.29, 0.717) is 21.5 Å². The maximum Gasteiger partial charge on any atom is 0.419 e. The van der Waals surface area contributed by atoms with Crippen molar-refractivity contribution in [2.75, 3.05) is 12.3 Å². The van der Waals surface area contributed by atoms with Crippen molar-refractivity contribution in [1.29, 1.82) is 0 Å². The molecule has 1 aromatic carbocycles. The van der Waals surface area contributed by atoms with Crippen molar-refractivity contribution in [2.45, 2.75) is 52.4 Å². The number of nitrogen functional groups attached to an aromatic ring is 1. The first kappa shape index (κ1) is 24.9. The molecule has 0 aliphatic carbocycles. The van der Waals surface area contributed by atoms with Crippen LogP contribution in [0.5, 0.6) is 0 Å². The zero-order chi connectivity index (χ0) is 24.6. The summed E-state index contributed by atoms with van der Waals surface area (Å²) >= 11 is 6.16. The van der Waals surface area contributed by atoms with Gasteiger partial charge < -0.3 is 14.9 Å². The van der Waals surface area contributed by atoms with Crippen LogP contribution in [-0.4, -0.2) is 36.4 Å². The van der Waals surface area contributed by atoms with Gasteiger partial charge in [0.2, 0.25) is 5.78 Å². The van der Waals surface area contributed by atoms with Crippen LogP contribution in [0.1, 0.15) is 49.4 Å². The molecule has 0 atom stereocenters. The largest absolute Gasteiger partial charge is 0.449 e. The van der Waals surface area contributed by atoms with Crippen molar-refractivity contribution in [1.82, 2.24) is 9.55 Å². The number of fused-ring (bicyclic) bond motifs is 1. The average molecular weight is 488 g/mol. The third kappa shape index (κ3) is 4.83. The predicted octanol–water partition coefficient (Wildman–Crippen LogP) is 6.03. The fraction of sp³-hybridized carbons (Fsp3) is 0.375. The molecule has 2 aromatic heterocycles. The van der Waals surface area contributed by atoms with Gasteiger partial charge in [0, 0.05) is 22.2 Å². The lowest BCUT2D eigenvalue weighted by Crippen LogP contribution is -2.40. The number of hydrogen-bond acceptors (Lipinski definition) is 6. The van der Waals surface area contributed by atoms with Crippen LogP contribution in [0.15, 0.2) is 36.5 Å². The number of nitrogens with zero attached hydrogens (tertiary/aromatic N) is 2. The van der Waals surface area contributed by atoms with Gasteiger partial charge in [0.25, 0.3) is 0 Å². The molecular weight excluding hydrogens is 458 g/mol. The van der Waals surface area contributed by atoms with Crippen molar-refractivity contribution >= 4 is 48.4 Å². The Morgan fingerprint density at radius 3 is 2.55 bits per heavy atom. The van der Waals surface area contributed by atoms with Gasteiger partial charge in [-0.2, -0.15) is 0 Å². The van der Waals surface area contributed by atoms with Crippen molar-refractivity contribution in [2.24, 2.45) is 0 Å². The maximum absolute atomic E-state index is 13.7. The Labute approximate surface area is 200 Å². The van der Waals surface area contributed by atoms with Gasteiger partial charge >= 0.3 is 6.09 Å². The number of rotatable bonds is 6. The second-order valence-corrected chi connectivity index (χ2v) is 14.6. The molecule has 0 bridgehead atoms. The number of halogens is 1. The van der Waals surface area contributed by atoms with E-state index in [1.54, 1.807) is 37.3 Å². The third-order valence-corrected chi connectivity index (χ3v) is 10.8. The third-order valence-electron chi connectivity index (χ3n) is 6.14. The molecule has 0 spiro atoms. The highest BCUT2D eigenvalue weighted by Crippen LogP contribution is 2.37. The molecule has 0 fully saturated rings. The number of ketones is 1. The number of anilines is 1. The lowest BCUT2D eigenvalue weighted by Gasteiger charge is -2.36. The van der Waals surface area contributed by atoms with E-state index in [-0.39, 0.29) is 35.3 Å². The second-order valence-electron chi connectivity index (χ2n) is 9.35. The molecule has 3 rings (SSSR count). The van der Waals surface area contributed by atoms with Crippen LogP contribution in [0.3, 0.4) is 0 Å². The summed E-state index contributed by atoms with van der Waals surface area (Å²) in [7, 11) is -2.07. The fourth-order valence-corrected chi connectivity index (χ4v) is 4.35. The molecule has 7 nitrogen and oxygen atoms in total. The van der Waals surface area contributed by atoms with Gasteiger partial charge in [-0.05, 0) is 49.3 Å². The number of ether oxygens (including phenoxy) is 1. The van der Waals surface area contributed by atoms with Crippen LogP contribution in [0, 0.1) is 0 Å². The first-order valence-electron chi connectivity index (χ1n) is 10.8. The number of carbonyl (C=O) groups excluding carboxylic acids is 2. The van der Waals surface area contributed by atoms with Gasteiger partial charge in [-0.15, -0.1) is 0 Å². The molecule has 0 amide bonds. The smallest absolute Gasteiger partial charge is 0.419 e. The van der Waals surface area contributed by atoms with Gasteiger partial charge in [-0.1, -0.05) is 38.4 Å². The molecule has 0 radical (unpaired) electrons. The molecule has 0 saturated carbocycles. The lowest BCUT2D eigenvalue weighted by molar-refractivity contribution is 0.101. The number of pyridine rings is 1. The molecule has 9 heteroatoms. The number of carbonyl (C=O) groups is 2. The topological polar surface area (TPSA) is 96.4 Å². The van der Waals surface area contributed by atoms with E-state index in [1.165, 1.54) is 10.8 Å². The second kappa shape index (κ2) is 9.28. The van der Waals surface area contributed by atoms with Gasteiger partial charge in [0.1, 0.15) is 11.4 Å². The number of benzene rings is 1. The van der Waals surface area contributed by atoms with Crippen molar-refractivity contribution < 1.29 is 18.8 Å². The van der Waals surface area contributed by atoms with E-state index in [0.717, 1.165) is 0 Å². The van der Waals surface area contributed by atoms with E-state index in [1.807, 2.05) is 0 Å². The van der Waals surface area contributed by atoms with E-state index >= 15 is 0 Å². The summed E-state index contributed by atoms with van der Waals surface area (Å²) in [6.07, 6.45) is 0.827. The van der Waals surface area contributed by atoms with E-state index < -0.39 is 20.2 Å². The normalized spacial score (nSPS) is 12.2. The zero-order valence-electron chi connectivity index (χ0n) is 19.9. The van der Waals surface area contributed by atoms with Crippen molar-refractivity contribution in [3.8, 4) is 0 Å². The molecule has 0 aliphatic rings. The Hall–Kier alpha value is -2.68. The summed E-state index contributed by atoms with van der Waals surface area (Å²) in [6.45, 7) is 12.8. The highest BCUT2D eigenvalue weighted by molar-refractivity contribution is 6.74. The SMILES string of the molecule is CCOC(=O)n1c(C(=O)c2ncccc2CO[Si](C)(C)C(C)(C)C)c(N)c2ccc(Cl)cc21.